The van der Waals surface area contributed by atoms with Crippen LogP contribution in [0.1, 0.15) is 24.0 Å². The minimum Gasteiger partial charge on any atom is -0.375 e. The molecular formula is C22H26Cl2N2O4S. The van der Waals surface area contributed by atoms with E-state index in [1.165, 1.54) is 10.4 Å². The molecule has 3 rings (SSSR count). The van der Waals surface area contributed by atoms with Crippen molar-refractivity contribution >= 4 is 39.1 Å². The Balaban J connectivity index is 1.46. The van der Waals surface area contributed by atoms with E-state index in [9.17, 15) is 13.2 Å². The van der Waals surface area contributed by atoms with Crippen molar-refractivity contribution in [2.75, 3.05) is 26.2 Å². The fourth-order valence-corrected chi connectivity index (χ4v) is 5.69. The molecule has 2 aromatic rings. The Morgan fingerprint density at radius 2 is 1.94 bits per heavy atom. The van der Waals surface area contributed by atoms with E-state index in [-0.39, 0.29) is 24.1 Å². The molecule has 1 fully saturated rings. The van der Waals surface area contributed by atoms with Crippen LogP contribution in [0.4, 0.5) is 0 Å². The van der Waals surface area contributed by atoms with Gasteiger partial charge in [0.15, 0.2) is 0 Å². The molecule has 1 aliphatic rings. The molecule has 0 radical (unpaired) electrons. The second-order valence-electron chi connectivity index (χ2n) is 7.52. The second-order valence-corrected chi connectivity index (χ2v) is 10.3. The molecule has 0 aliphatic carbocycles. The smallest absolute Gasteiger partial charge is 0.224 e. The summed E-state index contributed by atoms with van der Waals surface area (Å²) in [7, 11) is -3.60. The van der Waals surface area contributed by atoms with E-state index < -0.39 is 10.0 Å². The van der Waals surface area contributed by atoms with Crippen molar-refractivity contribution < 1.29 is 17.9 Å². The van der Waals surface area contributed by atoms with E-state index >= 15 is 0 Å². The Bertz CT molecular complexity index is 986. The predicted molar refractivity (Wildman–Crippen MR) is 122 cm³/mol. The molecule has 1 heterocycles. The first-order valence-corrected chi connectivity index (χ1v) is 12.5. The number of carbonyl (C=O) groups excluding carboxylic acids is 1. The van der Waals surface area contributed by atoms with Crippen LogP contribution in [0.25, 0.3) is 0 Å². The predicted octanol–water partition coefficient (Wildman–Crippen LogP) is 3.87. The summed E-state index contributed by atoms with van der Waals surface area (Å²) in [4.78, 5) is 12.5. The lowest BCUT2D eigenvalue weighted by Gasteiger charge is -2.31. The van der Waals surface area contributed by atoms with E-state index in [0.29, 0.717) is 54.8 Å². The molecule has 6 nitrogen and oxygen atoms in total. The number of benzene rings is 2. The topological polar surface area (TPSA) is 75.7 Å². The van der Waals surface area contributed by atoms with Gasteiger partial charge in [0.05, 0.1) is 24.9 Å². The SMILES string of the molecule is O=C(NCCOCc1ccccc1)[C@@H]1CCCN(S(=O)(=O)Cc2ccc(Cl)cc2Cl)C1. The lowest BCUT2D eigenvalue weighted by molar-refractivity contribution is -0.126. The van der Waals surface area contributed by atoms with Gasteiger partial charge in [0.2, 0.25) is 15.9 Å². The van der Waals surface area contributed by atoms with Crippen molar-refractivity contribution in [2.45, 2.75) is 25.2 Å². The molecular weight excluding hydrogens is 459 g/mol. The Morgan fingerprint density at radius 3 is 2.68 bits per heavy atom. The molecule has 1 aliphatic heterocycles. The van der Waals surface area contributed by atoms with Crippen LogP contribution in [0, 0.1) is 5.92 Å². The number of ether oxygens (including phenoxy) is 1. The van der Waals surface area contributed by atoms with E-state index in [1.807, 2.05) is 30.3 Å². The average Bonchev–Trinajstić information content (AvgIpc) is 2.76. The van der Waals surface area contributed by atoms with Crippen LogP contribution < -0.4 is 5.32 Å². The number of halogens is 2. The maximum absolute atomic E-state index is 12.9. The van der Waals surface area contributed by atoms with Gasteiger partial charge in [0, 0.05) is 29.7 Å². The van der Waals surface area contributed by atoms with Gasteiger partial charge in [-0.3, -0.25) is 4.79 Å². The highest BCUT2D eigenvalue weighted by molar-refractivity contribution is 7.88. The largest absolute Gasteiger partial charge is 0.375 e. The molecule has 2 aromatic carbocycles. The van der Waals surface area contributed by atoms with Crippen LogP contribution in [0.5, 0.6) is 0 Å². The highest BCUT2D eigenvalue weighted by atomic mass is 35.5. The number of sulfonamides is 1. The maximum Gasteiger partial charge on any atom is 0.224 e. The third-order valence-corrected chi connectivity index (χ3v) is 7.54. The van der Waals surface area contributed by atoms with Crippen molar-refractivity contribution in [3.05, 3.63) is 69.7 Å². The van der Waals surface area contributed by atoms with Crippen molar-refractivity contribution in [1.29, 1.82) is 0 Å². The lowest BCUT2D eigenvalue weighted by atomic mass is 9.99. The van der Waals surface area contributed by atoms with Crippen LogP contribution >= 0.6 is 23.2 Å². The first-order chi connectivity index (χ1) is 14.8. The number of nitrogens with one attached hydrogen (secondary N) is 1. The first kappa shape index (κ1) is 24.0. The van der Waals surface area contributed by atoms with Crippen LogP contribution in [0.3, 0.4) is 0 Å². The maximum atomic E-state index is 12.9. The summed E-state index contributed by atoms with van der Waals surface area (Å²) < 4.78 is 32.7. The van der Waals surface area contributed by atoms with Crippen LogP contribution in [-0.4, -0.2) is 44.9 Å². The molecule has 9 heteroatoms. The number of hydrogen-bond donors (Lipinski definition) is 1. The fraction of sp³-hybridized carbons (Fsp3) is 0.409. The van der Waals surface area contributed by atoms with E-state index in [2.05, 4.69) is 5.32 Å². The summed E-state index contributed by atoms with van der Waals surface area (Å²) in [6.45, 7) is 1.83. The molecule has 1 saturated heterocycles. The van der Waals surface area contributed by atoms with Gasteiger partial charge in [-0.05, 0) is 36.1 Å². The highest BCUT2D eigenvalue weighted by Gasteiger charge is 2.32. The van der Waals surface area contributed by atoms with Gasteiger partial charge in [0.25, 0.3) is 0 Å². The summed E-state index contributed by atoms with van der Waals surface area (Å²) in [6.07, 6.45) is 1.29. The summed E-state index contributed by atoms with van der Waals surface area (Å²) >= 11 is 12.0. The zero-order chi connectivity index (χ0) is 22.3. The Labute approximate surface area is 193 Å². The molecule has 1 amide bonds. The minimum atomic E-state index is -3.60. The lowest BCUT2D eigenvalue weighted by Crippen LogP contribution is -2.46. The summed E-state index contributed by atoms with van der Waals surface area (Å²) in [6, 6.07) is 14.6. The number of carbonyl (C=O) groups is 1. The number of nitrogens with zero attached hydrogens (tertiary/aromatic N) is 1. The highest BCUT2D eigenvalue weighted by Crippen LogP contribution is 2.26. The molecule has 0 spiro atoms. The number of amides is 1. The molecule has 0 aromatic heterocycles. The van der Waals surface area contributed by atoms with Crippen molar-refractivity contribution in [3.63, 3.8) is 0 Å². The van der Waals surface area contributed by atoms with Gasteiger partial charge in [-0.25, -0.2) is 12.7 Å². The number of rotatable bonds is 9. The standard InChI is InChI=1S/C22H26Cl2N2O4S/c23-20-9-8-19(21(24)13-20)16-31(28,29)26-11-4-7-18(14-26)22(27)25-10-12-30-15-17-5-2-1-3-6-17/h1-3,5-6,8-9,13,18H,4,7,10-12,14-16H2,(H,25,27)/t18-/m1/s1. The molecule has 0 unspecified atom stereocenters. The molecule has 0 bridgehead atoms. The molecule has 0 saturated carbocycles. The van der Waals surface area contributed by atoms with Crippen LogP contribution in [-0.2, 0) is 31.9 Å². The van der Waals surface area contributed by atoms with E-state index in [4.69, 9.17) is 27.9 Å². The number of piperidine rings is 1. The molecule has 168 valence electrons. The zero-order valence-electron chi connectivity index (χ0n) is 17.1. The summed E-state index contributed by atoms with van der Waals surface area (Å²) in [5.41, 5.74) is 1.57. The summed E-state index contributed by atoms with van der Waals surface area (Å²) in [5.74, 6) is -0.740. The second kappa shape index (κ2) is 11.3. The monoisotopic (exact) mass is 484 g/mol. The van der Waals surface area contributed by atoms with Crippen molar-refractivity contribution in [3.8, 4) is 0 Å². The van der Waals surface area contributed by atoms with Crippen LogP contribution in [0.2, 0.25) is 10.0 Å². The van der Waals surface area contributed by atoms with Gasteiger partial charge in [-0.1, -0.05) is 59.6 Å². The first-order valence-electron chi connectivity index (χ1n) is 10.2. The van der Waals surface area contributed by atoms with E-state index in [1.54, 1.807) is 12.1 Å². The third kappa shape index (κ3) is 7.19. The molecule has 1 atom stereocenters. The number of hydrogen-bond acceptors (Lipinski definition) is 4. The van der Waals surface area contributed by atoms with Gasteiger partial charge in [-0.2, -0.15) is 0 Å². The normalized spacial score (nSPS) is 17.4. The van der Waals surface area contributed by atoms with Gasteiger partial charge < -0.3 is 10.1 Å². The average molecular weight is 485 g/mol. The van der Waals surface area contributed by atoms with Crippen LogP contribution in [0.15, 0.2) is 48.5 Å². The fourth-order valence-electron chi connectivity index (χ4n) is 3.49. The van der Waals surface area contributed by atoms with Crippen molar-refractivity contribution in [2.24, 2.45) is 5.92 Å². The Hall–Kier alpha value is -1.64. The minimum absolute atomic E-state index is 0.146. The summed E-state index contributed by atoms with van der Waals surface area (Å²) in [5, 5.41) is 3.62. The Morgan fingerprint density at radius 1 is 1.16 bits per heavy atom. The molecule has 1 N–H and O–H groups in total. The Kier molecular flexibility index (Phi) is 8.75. The van der Waals surface area contributed by atoms with Gasteiger partial charge >= 0.3 is 0 Å². The van der Waals surface area contributed by atoms with Crippen molar-refractivity contribution in [1.82, 2.24) is 9.62 Å². The zero-order valence-corrected chi connectivity index (χ0v) is 19.4. The third-order valence-electron chi connectivity index (χ3n) is 5.16. The van der Waals surface area contributed by atoms with Gasteiger partial charge in [-0.15, -0.1) is 0 Å². The van der Waals surface area contributed by atoms with Gasteiger partial charge in [0.1, 0.15) is 0 Å². The quantitative estimate of drug-likeness (QED) is 0.548. The molecule has 31 heavy (non-hydrogen) atoms. The van der Waals surface area contributed by atoms with E-state index in [0.717, 1.165) is 5.56 Å².